The lowest BCUT2D eigenvalue weighted by atomic mass is 9.97. The summed E-state index contributed by atoms with van der Waals surface area (Å²) in [5, 5.41) is 4.44. The quantitative estimate of drug-likeness (QED) is 0.498. The van der Waals surface area contributed by atoms with Gasteiger partial charge in [0.1, 0.15) is 0 Å². The second-order valence-corrected chi connectivity index (χ2v) is 3.33. The fourth-order valence-corrected chi connectivity index (χ4v) is 1.72. The highest BCUT2D eigenvalue weighted by atomic mass is 32.2. The lowest BCUT2D eigenvalue weighted by Gasteiger charge is -2.16. The zero-order valence-electron chi connectivity index (χ0n) is 6.14. The number of allylic oxidation sites excluding steroid dienone is 2. The minimum atomic E-state index is 0.672. The van der Waals surface area contributed by atoms with Crippen LogP contribution in [0.5, 0.6) is 0 Å². The molecule has 50 valence electrons. The lowest BCUT2D eigenvalue weighted by molar-refractivity contribution is 0.803. The molecular weight excluding hydrogens is 128 g/mol. The summed E-state index contributed by atoms with van der Waals surface area (Å²) in [6, 6.07) is 0. The van der Waals surface area contributed by atoms with Gasteiger partial charge in [0.25, 0.3) is 0 Å². The van der Waals surface area contributed by atoms with Crippen molar-refractivity contribution in [2.45, 2.75) is 20.8 Å². The lowest BCUT2D eigenvalue weighted by Crippen LogP contribution is -1.99. The van der Waals surface area contributed by atoms with Crippen LogP contribution >= 0.6 is 11.8 Å². The first-order chi connectivity index (χ1) is 4.22. The predicted molar refractivity (Wildman–Crippen MR) is 44.3 cm³/mol. The summed E-state index contributed by atoms with van der Waals surface area (Å²) in [6.45, 7) is 6.62. The molecule has 0 nitrogen and oxygen atoms in total. The Morgan fingerprint density at radius 1 is 1.22 bits per heavy atom. The summed E-state index contributed by atoms with van der Waals surface area (Å²) in [7, 11) is 0. The van der Waals surface area contributed by atoms with Gasteiger partial charge in [-0.3, -0.25) is 0 Å². The maximum atomic E-state index is 2.25. The maximum Gasteiger partial charge on any atom is -0.00104 e. The maximum absolute atomic E-state index is 2.25. The Balaban J connectivity index is 2.74. The number of rotatable bonds is 0. The van der Waals surface area contributed by atoms with E-state index in [4.69, 9.17) is 0 Å². The molecule has 0 bridgehead atoms. The normalized spacial score (nSPS) is 21.2. The van der Waals surface area contributed by atoms with Gasteiger partial charge in [0.05, 0.1) is 0 Å². The van der Waals surface area contributed by atoms with E-state index in [0.717, 1.165) is 0 Å². The molecule has 0 N–H and O–H groups in total. The Kier molecular flexibility index (Phi) is 2.01. The summed E-state index contributed by atoms with van der Waals surface area (Å²) in [5.41, 5.74) is 2.97. The van der Waals surface area contributed by atoms with Crippen LogP contribution in [0.15, 0.2) is 22.0 Å². The van der Waals surface area contributed by atoms with Crippen LogP contribution in [0.3, 0.4) is 0 Å². The standard InChI is InChI=1S/C8H12S/c1-6-4-9-5-7(2)8(6)3/h4-5,8H,1-3H3. The van der Waals surface area contributed by atoms with Crippen molar-refractivity contribution >= 4 is 11.8 Å². The third-order valence-corrected chi connectivity index (χ3v) is 2.89. The van der Waals surface area contributed by atoms with Gasteiger partial charge in [-0.25, -0.2) is 0 Å². The summed E-state index contributed by atoms with van der Waals surface area (Å²) >= 11 is 1.79. The van der Waals surface area contributed by atoms with Crippen molar-refractivity contribution in [2.75, 3.05) is 0 Å². The average molecular weight is 140 g/mol. The molecule has 0 aromatic carbocycles. The molecule has 0 saturated carbocycles. The fourth-order valence-electron chi connectivity index (χ4n) is 0.812. The van der Waals surface area contributed by atoms with Gasteiger partial charge in [0, 0.05) is 0 Å². The van der Waals surface area contributed by atoms with E-state index in [2.05, 4.69) is 31.6 Å². The molecule has 0 aliphatic carbocycles. The number of hydrogen-bond donors (Lipinski definition) is 0. The third kappa shape index (κ3) is 1.39. The van der Waals surface area contributed by atoms with Crippen LogP contribution in [0.25, 0.3) is 0 Å². The average Bonchev–Trinajstić information content (AvgIpc) is 1.83. The van der Waals surface area contributed by atoms with Gasteiger partial charge in [-0.2, -0.15) is 0 Å². The molecule has 1 heterocycles. The van der Waals surface area contributed by atoms with Crippen molar-refractivity contribution in [3.63, 3.8) is 0 Å². The zero-order chi connectivity index (χ0) is 6.85. The molecule has 9 heavy (non-hydrogen) atoms. The summed E-state index contributed by atoms with van der Waals surface area (Å²) in [4.78, 5) is 0. The molecule has 0 fully saturated rings. The molecule has 1 heteroatoms. The Morgan fingerprint density at radius 3 is 2.00 bits per heavy atom. The second kappa shape index (κ2) is 2.61. The molecule has 0 aromatic rings. The molecular formula is C8H12S. The molecule has 0 unspecified atom stereocenters. The van der Waals surface area contributed by atoms with Crippen molar-refractivity contribution < 1.29 is 0 Å². The molecule has 1 aliphatic heterocycles. The van der Waals surface area contributed by atoms with Crippen molar-refractivity contribution in [1.29, 1.82) is 0 Å². The van der Waals surface area contributed by atoms with Crippen LogP contribution in [-0.2, 0) is 0 Å². The van der Waals surface area contributed by atoms with E-state index in [-0.39, 0.29) is 0 Å². The third-order valence-electron chi connectivity index (χ3n) is 1.87. The Hall–Kier alpha value is -0.170. The largest absolute Gasteiger partial charge is 0.106 e. The van der Waals surface area contributed by atoms with E-state index in [0.29, 0.717) is 5.92 Å². The minimum absolute atomic E-state index is 0.672. The highest BCUT2D eigenvalue weighted by Gasteiger charge is 2.08. The summed E-state index contributed by atoms with van der Waals surface area (Å²) < 4.78 is 0. The van der Waals surface area contributed by atoms with Crippen molar-refractivity contribution in [1.82, 2.24) is 0 Å². The minimum Gasteiger partial charge on any atom is -0.106 e. The Labute approximate surface area is 61.0 Å². The van der Waals surface area contributed by atoms with Gasteiger partial charge in [0.2, 0.25) is 0 Å². The van der Waals surface area contributed by atoms with Gasteiger partial charge < -0.3 is 0 Å². The van der Waals surface area contributed by atoms with Crippen molar-refractivity contribution in [3.05, 3.63) is 22.0 Å². The van der Waals surface area contributed by atoms with E-state index < -0.39 is 0 Å². The Bertz CT molecular complexity index is 147. The van der Waals surface area contributed by atoms with Gasteiger partial charge in [-0.15, -0.1) is 11.8 Å². The van der Waals surface area contributed by atoms with Crippen LogP contribution in [-0.4, -0.2) is 0 Å². The molecule has 1 rings (SSSR count). The van der Waals surface area contributed by atoms with E-state index in [9.17, 15) is 0 Å². The van der Waals surface area contributed by atoms with Crippen molar-refractivity contribution in [3.8, 4) is 0 Å². The SMILES string of the molecule is CC1=CSC=C(C)C1C. The molecule has 1 aliphatic rings. The topological polar surface area (TPSA) is 0 Å². The van der Waals surface area contributed by atoms with Crippen molar-refractivity contribution in [2.24, 2.45) is 5.92 Å². The zero-order valence-corrected chi connectivity index (χ0v) is 6.96. The van der Waals surface area contributed by atoms with Crippen LogP contribution in [0.4, 0.5) is 0 Å². The fraction of sp³-hybridized carbons (Fsp3) is 0.500. The second-order valence-electron chi connectivity index (χ2n) is 2.58. The van der Waals surface area contributed by atoms with E-state index in [1.54, 1.807) is 11.8 Å². The van der Waals surface area contributed by atoms with E-state index in [1.807, 2.05) is 0 Å². The Morgan fingerprint density at radius 2 is 1.67 bits per heavy atom. The first kappa shape index (κ1) is 6.94. The summed E-state index contributed by atoms with van der Waals surface area (Å²) in [5.74, 6) is 0.672. The first-order valence-electron chi connectivity index (χ1n) is 3.20. The van der Waals surface area contributed by atoms with E-state index in [1.165, 1.54) is 11.1 Å². The molecule has 0 amide bonds. The van der Waals surface area contributed by atoms with Crippen LogP contribution in [0, 0.1) is 5.92 Å². The number of hydrogen-bond acceptors (Lipinski definition) is 1. The molecule has 0 atom stereocenters. The van der Waals surface area contributed by atoms with Crippen LogP contribution in [0.2, 0.25) is 0 Å². The molecule has 0 saturated heterocycles. The monoisotopic (exact) mass is 140 g/mol. The van der Waals surface area contributed by atoms with Crippen LogP contribution < -0.4 is 0 Å². The highest BCUT2D eigenvalue weighted by Crippen LogP contribution is 2.29. The molecule has 0 spiro atoms. The molecule has 0 aromatic heterocycles. The van der Waals surface area contributed by atoms with Gasteiger partial charge in [-0.1, -0.05) is 18.1 Å². The smallest absolute Gasteiger partial charge is 0.00104 e. The number of thioether (sulfide) groups is 1. The van der Waals surface area contributed by atoms with Gasteiger partial charge >= 0.3 is 0 Å². The van der Waals surface area contributed by atoms with Gasteiger partial charge in [-0.05, 0) is 30.6 Å². The van der Waals surface area contributed by atoms with Gasteiger partial charge in [0.15, 0.2) is 0 Å². The van der Waals surface area contributed by atoms with Crippen LogP contribution in [0.1, 0.15) is 20.8 Å². The predicted octanol–water partition coefficient (Wildman–Crippen LogP) is 3.18. The summed E-state index contributed by atoms with van der Waals surface area (Å²) in [6.07, 6.45) is 0. The first-order valence-corrected chi connectivity index (χ1v) is 4.15. The highest BCUT2D eigenvalue weighted by molar-refractivity contribution is 8.05. The van der Waals surface area contributed by atoms with E-state index >= 15 is 0 Å². The molecule has 0 radical (unpaired) electrons.